The first-order valence-corrected chi connectivity index (χ1v) is 9.16. The first kappa shape index (κ1) is 17.6. The zero-order chi connectivity index (χ0) is 19.5. The van der Waals surface area contributed by atoms with E-state index in [4.69, 9.17) is 0 Å². The van der Waals surface area contributed by atoms with Gasteiger partial charge in [-0.2, -0.15) is 5.26 Å². The molecule has 0 fully saturated rings. The van der Waals surface area contributed by atoms with Crippen LogP contribution in [-0.2, 0) is 18.3 Å². The quantitative estimate of drug-likeness (QED) is 0.414. The number of rotatable bonds is 5. The second kappa shape index (κ2) is 7.45. The maximum atomic E-state index is 12.5. The Bertz CT molecular complexity index is 1240. The lowest BCUT2D eigenvalue weighted by molar-refractivity contribution is -0.117. The summed E-state index contributed by atoms with van der Waals surface area (Å²) in [6.45, 7) is 0.467. The second-order valence-electron chi connectivity index (χ2n) is 6.75. The second-order valence-corrected chi connectivity index (χ2v) is 6.75. The molecule has 2 N–H and O–H groups in total. The number of aryl methyl sites for hydroxylation is 1. The molecule has 0 atom stereocenters. The fourth-order valence-corrected chi connectivity index (χ4v) is 3.54. The van der Waals surface area contributed by atoms with Crippen LogP contribution in [0.1, 0.15) is 11.1 Å². The number of hydrogen-bond donors (Lipinski definition) is 2. The maximum absolute atomic E-state index is 12.5. The molecule has 4 aromatic rings. The summed E-state index contributed by atoms with van der Waals surface area (Å²) in [6, 6.07) is 18.0. The van der Waals surface area contributed by atoms with Crippen molar-refractivity contribution in [2.75, 3.05) is 6.54 Å². The molecule has 0 aliphatic heterocycles. The fourth-order valence-electron chi connectivity index (χ4n) is 3.54. The summed E-state index contributed by atoms with van der Waals surface area (Å²) in [5, 5.41) is 14.5. The van der Waals surface area contributed by atoms with E-state index in [1.807, 2.05) is 72.5 Å². The number of para-hydroxylation sites is 2. The Balaban J connectivity index is 1.48. The van der Waals surface area contributed by atoms with Gasteiger partial charge in [0.05, 0.1) is 0 Å². The molecule has 0 bridgehead atoms. The normalized spacial score (nSPS) is 11.6. The van der Waals surface area contributed by atoms with E-state index < -0.39 is 0 Å². The smallest absolute Gasteiger partial charge is 0.261 e. The summed E-state index contributed by atoms with van der Waals surface area (Å²) in [4.78, 5) is 15.7. The number of nitrogens with zero attached hydrogens (tertiary/aromatic N) is 2. The van der Waals surface area contributed by atoms with Gasteiger partial charge in [0.1, 0.15) is 11.6 Å². The Morgan fingerprint density at radius 1 is 1.18 bits per heavy atom. The highest BCUT2D eigenvalue weighted by Gasteiger charge is 2.12. The lowest BCUT2D eigenvalue weighted by Crippen LogP contribution is -2.26. The van der Waals surface area contributed by atoms with Crippen molar-refractivity contribution in [3.05, 3.63) is 77.6 Å². The molecule has 28 heavy (non-hydrogen) atoms. The predicted octanol–water partition coefficient (Wildman–Crippen LogP) is 3.93. The SMILES string of the molecule is Cn1cc(/C=C(\C#N)C(=O)NCCc2c[nH]c3ccccc23)c2ccccc21. The van der Waals surface area contributed by atoms with Gasteiger partial charge in [0, 0.05) is 53.4 Å². The number of carbonyl (C=O) groups is 1. The van der Waals surface area contributed by atoms with Gasteiger partial charge in [-0.05, 0) is 30.2 Å². The van der Waals surface area contributed by atoms with Crippen LogP contribution in [0.2, 0.25) is 0 Å². The van der Waals surface area contributed by atoms with Gasteiger partial charge >= 0.3 is 0 Å². The van der Waals surface area contributed by atoms with Crippen molar-refractivity contribution < 1.29 is 4.79 Å². The maximum Gasteiger partial charge on any atom is 0.261 e. The number of benzene rings is 2. The number of fused-ring (bicyclic) bond motifs is 2. The molecule has 0 saturated heterocycles. The van der Waals surface area contributed by atoms with E-state index in [0.29, 0.717) is 13.0 Å². The molecule has 0 aliphatic carbocycles. The standard InChI is InChI=1S/C23H20N4O/c1-27-15-18(20-7-3-5-9-22(20)27)12-17(13-24)23(28)25-11-10-16-14-26-21-8-4-2-6-19(16)21/h2-9,12,14-15,26H,10-11H2,1H3,(H,25,28)/b17-12+. The van der Waals surface area contributed by atoms with E-state index in [1.165, 1.54) is 0 Å². The van der Waals surface area contributed by atoms with Crippen molar-refractivity contribution in [2.24, 2.45) is 7.05 Å². The molecule has 0 radical (unpaired) electrons. The number of amides is 1. The Hall–Kier alpha value is -3.78. The number of carbonyl (C=O) groups excluding carboxylic acids is 1. The number of hydrogen-bond acceptors (Lipinski definition) is 2. The highest BCUT2D eigenvalue weighted by atomic mass is 16.1. The van der Waals surface area contributed by atoms with Crippen molar-refractivity contribution in [1.29, 1.82) is 5.26 Å². The highest BCUT2D eigenvalue weighted by molar-refractivity contribution is 6.04. The lowest BCUT2D eigenvalue weighted by atomic mass is 10.1. The molecule has 0 spiro atoms. The van der Waals surface area contributed by atoms with E-state index in [9.17, 15) is 10.1 Å². The van der Waals surface area contributed by atoms with Crippen molar-refractivity contribution >= 4 is 33.8 Å². The van der Waals surface area contributed by atoms with Crippen LogP contribution in [0.15, 0.2) is 66.5 Å². The molecule has 138 valence electrons. The third-order valence-corrected chi connectivity index (χ3v) is 4.95. The summed E-state index contributed by atoms with van der Waals surface area (Å²) < 4.78 is 1.99. The van der Waals surface area contributed by atoms with Crippen LogP contribution >= 0.6 is 0 Å². The van der Waals surface area contributed by atoms with Crippen LogP contribution in [0.4, 0.5) is 0 Å². The Morgan fingerprint density at radius 3 is 2.75 bits per heavy atom. The summed E-state index contributed by atoms with van der Waals surface area (Å²) in [6.07, 6.45) is 6.25. The lowest BCUT2D eigenvalue weighted by Gasteiger charge is -2.04. The van der Waals surface area contributed by atoms with Crippen molar-refractivity contribution in [3.8, 4) is 6.07 Å². The molecular weight excluding hydrogens is 348 g/mol. The summed E-state index contributed by atoms with van der Waals surface area (Å²) in [5.41, 5.74) is 4.26. The first-order chi connectivity index (χ1) is 13.7. The minimum atomic E-state index is -0.352. The zero-order valence-corrected chi connectivity index (χ0v) is 15.6. The molecule has 1 amide bonds. The molecule has 0 aliphatic rings. The molecule has 5 nitrogen and oxygen atoms in total. The van der Waals surface area contributed by atoms with E-state index in [2.05, 4.69) is 16.4 Å². The molecule has 0 saturated carbocycles. The van der Waals surface area contributed by atoms with Gasteiger partial charge in [0.2, 0.25) is 0 Å². The van der Waals surface area contributed by atoms with Gasteiger partial charge in [-0.1, -0.05) is 36.4 Å². The van der Waals surface area contributed by atoms with Crippen molar-refractivity contribution in [1.82, 2.24) is 14.9 Å². The van der Waals surface area contributed by atoms with Crippen LogP contribution in [0.5, 0.6) is 0 Å². The molecule has 2 aromatic heterocycles. The van der Waals surface area contributed by atoms with Gasteiger partial charge in [0.25, 0.3) is 5.91 Å². The van der Waals surface area contributed by atoms with E-state index in [0.717, 1.165) is 32.9 Å². The highest BCUT2D eigenvalue weighted by Crippen LogP contribution is 2.22. The molecular formula is C23H20N4O. The van der Waals surface area contributed by atoms with Gasteiger partial charge < -0.3 is 14.9 Å². The van der Waals surface area contributed by atoms with E-state index >= 15 is 0 Å². The first-order valence-electron chi connectivity index (χ1n) is 9.16. The van der Waals surface area contributed by atoms with Gasteiger partial charge in [-0.3, -0.25) is 4.79 Å². The largest absolute Gasteiger partial charge is 0.361 e. The zero-order valence-electron chi connectivity index (χ0n) is 15.6. The minimum Gasteiger partial charge on any atom is -0.361 e. The van der Waals surface area contributed by atoms with Crippen LogP contribution in [-0.4, -0.2) is 22.0 Å². The molecule has 5 heteroatoms. The summed E-state index contributed by atoms with van der Waals surface area (Å²) in [7, 11) is 1.95. The minimum absolute atomic E-state index is 0.107. The third kappa shape index (κ3) is 3.28. The van der Waals surface area contributed by atoms with Gasteiger partial charge in [0.15, 0.2) is 0 Å². The molecule has 0 unspecified atom stereocenters. The fraction of sp³-hybridized carbons (Fsp3) is 0.130. The van der Waals surface area contributed by atoms with Crippen LogP contribution in [0.25, 0.3) is 27.9 Å². The Labute approximate surface area is 162 Å². The number of aromatic amines is 1. The third-order valence-electron chi connectivity index (χ3n) is 4.95. The summed E-state index contributed by atoms with van der Waals surface area (Å²) >= 11 is 0. The number of H-pyrrole nitrogens is 1. The molecule has 2 heterocycles. The number of aromatic nitrogens is 2. The van der Waals surface area contributed by atoms with Gasteiger partial charge in [-0.25, -0.2) is 0 Å². The Kier molecular flexibility index (Phi) is 4.69. The van der Waals surface area contributed by atoms with Crippen LogP contribution < -0.4 is 5.32 Å². The number of nitriles is 1. The van der Waals surface area contributed by atoms with Crippen molar-refractivity contribution in [3.63, 3.8) is 0 Å². The van der Waals surface area contributed by atoms with Crippen LogP contribution in [0, 0.1) is 11.3 Å². The van der Waals surface area contributed by atoms with E-state index in [-0.39, 0.29) is 11.5 Å². The van der Waals surface area contributed by atoms with Crippen molar-refractivity contribution in [2.45, 2.75) is 6.42 Å². The molecule has 2 aromatic carbocycles. The summed E-state index contributed by atoms with van der Waals surface area (Å²) in [5.74, 6) is -0.352. The van der Waals surface area contributed by atoms with E-state index in [1.54, 1.807) is 6.08 Å². The van der Waals surface area contributed by atoms with Crippen LogP contribution in [0.3, 0.4) is 0 Å². The predicted molar refractivity (Wildman–Crippen MR) is 112 cm³/mol. The monoisotopic (exact) mass is 368 g/mol. The average Bonchev–Trinajstić information content (AvgIpc) is 3.27. The topological polar surface area (TPSA) is 73.6 Å². The average molecular weight is 368 g/mol. The Morgan fingerprint density at radius 2 is 1.93 bits per heavy atom. The molecule has 4 rings (SSSR count). The van der Waals surface area contributed by atoms with Gasteiger partial charge in [-0.15, -0.1) is 0 Å². The number of nitrogens with one attached hydrogen (secondary N) is 2.